The fraction of sp³-hybridized carbons (Fsp3) is 0.600. The van der Waals surface area contributed by atoms with Gasteiger partial charge in [-0.15, -0.1) is 0 Å². The Balaban J connectivity index is 2.85. The van der Waals surface area contributed by atoms with Gasteiger partial charge in [0, 0.05) is 23.7 Å². The first-order valence-corrected chi connectivity index (χ1v) is 6.87. The van der Waals surface area contributed by atoms with E-state index in [-0.39, 0.29) is 11.6 Å². The van der Waals surface area contributed by atoms with Gasteiger partial charge in [-0.1, -0.05) is 17.7 Å². The highest BCUT2D eigenvalue weighted by Crippen LogP contribution is 2.32. The number of benzene rings is 1. The SMILES string of the molecule is CNC(CCC(C)(C)OC)c1ccc(Cl)cc1OC. The Kier molecular flexibility index (Phi) is 6.11. The molecule has 0 heterocycles. The maximum absolute atomic E-state index is 6.00. The molecule has 1 N–H and O–H groups in total. The molecule has 0 fully saturated rings. The normalized spacial score (nSPS) is 13.4. The van der Waals surface area contributed by atoms with E-state index in [1.165, 1.54) is 0 Å². The number of halogens is 1. The molecule has 1 atom stereocenters. The summed E-state index contributed by atoms with van der Waals surface area (Å²) in [5.41, 5.74) is 1.01. The van der Waals surface area contributed by atoms with Crippen LogP contribution < -0.4 is 10.1 Å². The lowest BCUT2D eigenvalue weighted by molar-refractivity contribution is 0.0118. The van der Waals surface area contributed by atoms with E-state index >= 15 is 0 Å². The van der Waals surface area contributed by atoms with Crippen molar-refractivity contribution < 1.29 is 9.47 Å². The van der Waals surface area contributed by atoms with Crippen molar-refractivity contribution in [2.75, 3.05) is 21.3 Å². The van der Waals surface area contributed by atoms with Gasteiger partial charge in [0.25, 0.3) is 0 Å². The highest BCUT2D eigenvalue weighted by atomic mass is 35.5. The number of nitrogens with one attached hydrogen (secondary N) is 1. The summed E-state index contributed by atoms with van der Waals surface area (Å²) in [6.07, 6.45) is 1.93. The summed E-state index contributed by atoms with van der Waals surface area (Å²) in [4.78, 5) is 0. The summed E-state index contributed by atoms with van der Waals surface area (Å²) in [6.45, 7) is 4.19. The van der Waals surface area contributed by atoms with Crippen molar-refractivity contribution in [3.63, 3.8) is 0 Å². The lowest BCUT2D eigenvalue weighted by atomic mass is 9.94. The predicted octanol–water partition coefficient (Wildman–Crippen LogP) is 3.81. The van der Waals surface area contributed by atoms with Crippen LogP contribution in [0, 0.1) is 0 Å². The number of ether oxygens (including phenoxy) is 2. The van der Waals surface area contributed by atoms with Gasteiger partial charge in [-0.25, -0.2) is 0 Å². The maximum Gasteiger partial charge on any atom is 0.125 e. The van der Waals surface area contributed by atoms with E-state index in [2.05, 4.69) is 19.2 Å². The molecule has 108 valence electrons. The van der Waals surface area contributed by atoms with Crippen LogP contribution in [0.4, 0.5) is 0 Å². The third-order valence-electron chi connectivity index (χ3n) is 3.51. The van der Waals surface area contributed by atoms with Crippen molar-refractivity contribution >= 4 is 11.6 Å². The van der Waals surface area contributed by atoms with Crippen molar-refractivity contribution in [3.05, 3.63) is 28.8 Å². The molecule has 0 amide bonds. The smallest absolute Gasteiger partial charge is 0.125 e. The second kappa shape index (κ2) is 7.13. The lowest BCUT2D eigenvalue weighted by Gasteiger charge is -2.26. The lowest BCUT2D eigenvalue weighted by Crippen LogP contribution is -2.26. The molecule has 3 nitrogen and oxygen atoms in total. The molecule has 0 aliphatic heterocycles. The Morgan fingerprint density at radius 2 is 2.00 bits per heavy atom. The van der Waals surface area contributed by atoms with Crippen molar-refractivity contribution in [1.29, 1.82) is 0 Å². The highest BCUT2D eigenvalue weighted by Gasteiger charge is 2.21. The number of hydrogen-bond acceptors (Lipinski definition) is 3. The number of rotatable bonds is 7. The van der Waals surface area contributed by atoms with Crippen LogP contribution in [0.15, 0.2) is 18.2 Å². The van der Waals surface area contributed by atoms with Crippen LogP contribution in [0.3, 0.4) is 0 Å². The molecule has 0 saturated heterocycles. The standard InChI is InChI=1S/C15H24ClNO2/c1-15(2,19-5)9-8-13(17-3)12-7-6-11(16)10-14(12)18-4/h6-7,10,13,17H,8-9H2,1-5H3. The van der Waals surface area contributed by atoms with Crippen molar-refractivity contribution in [2.24, 2.45) is 0 Å². The molecule has 4 heteroatoms. The Morgan fingerprint density at radius 1 is 1.32 bits per heavy atom. The van der Waals surface area contributed by atoms with E-state index in [0.717, 1.165) is 24.2 Å². The van der Waals surface area contributed by atoms with Crippen molar-refractivity contribution in [3.8, 4) is 5.75 Å². The number of hydrogen-bond donors (Lipinski definition) is 1. The van der Waals surface area contributed by atoms with Gasteiger partial charge >= 0.3 is 0 Å². The van der Waals surface area contributed by atoms with Crippen LogP contribution in [0.5, 0.6) is 5.75 Å². The van der Waals surface area contributed by atoms with Gasteiger partial charge in [0.2, 0.25) is 0 Å². The second-order valence-electron chi connectivity index (χ2n) is 5.23. The van der Waals surface area contributed by atoms with Crippen LogP contribution >= 0.6 is 11.6 Å². The molecule has 0 saturated carbocycles. The monoisotopic (exact) mass is 285 g/mol. The first kappa shape index (κ1) is 16.3. The fourth-order valence-electron chi connectivity index (χ4n) is 2.02. The van der Waals surface area contributed by atoms with Gasteiger partial charge in [0.05, 0.1) is 12.7 Å². The molecule has 0 aromatic heterocycles. The summed E-state index contributed by atoms with van der Waals surface area (Å²) < 4.78 is 10.9. The van der Waals surface area contributed by atoms with Gasteiger partial charge in [-0.2, -0.15) is 0 Å². The second-order valence-corrected chi connectivity index (χ2v) is 5.67. The summed E-state index contributed by atoms with van der Waals surface area (Å²) in [7, 11) is 5.37. The minimum absolute atomic E-state index is 0.116. The van der Waals surface area contributed by atoms with Crippen LogP contribution in [0.25, 0.3) is 0 Å². The van der Waals surface area contributed by atoms with E-state index in [4.69, 9.17) is 21.1 Å². The summed E-state index contributed by atoms with van der Waals surface area (Å²) in [5.74, 6) is 0.821. The Morgan fingerprint density at radius 3 is 2.53 bits per heavy atom. The molecule has 1 unspecified atom stereocenters. The van der Waals surface area contributed by atoms with Crippen LogP contribution in [0.2, 0.25) is 5.02 Å². The van der Waals surface area contributed by atoms with Crippen LogP contribution in [-0.4, -0.2) is 26.9 Å². The van der Waals surface area contributed by atoms with E-state index in [0.29, 0.717) is 5.02 Å². The number of methoxy groups -OCH3 is 2. The Labute approximate surface area is 121 Å². The minimum atomic E-state index is -0.116. The topological polar surface area (TPSA) is 30.5 Å². The first-order valence-electron chi connectivity index (χ1n) is 6.49. The molecule has 0 bridgehead atoms. The summed E-state index contributed by atoms with van der Waals surface area (Å²) in [5, 5.41) is 4.02. The molecule has 0 aliphatic carbocycles. The molecule has 19 heavy (non-hydrogen) atoms. The molecular weight excluding hydrogens is 262 g/mol. The highest BCUT2D eigenvalue weighted by molar-refractivity contribution is 6.30. The largest absolute Gasteiger partial charge is 0.496 e. The molecular formula is C15H24ClNO2. The van der Waals surface area contributed by atoms with E-state index in [1.807, 2.05) is 25.2 Å². The zero-order valence-corrected chi connectivity index (χ0v) is 13.2. The Bertz CT molecular complexity index is 407. The summed E-state index contributed by atoms with van der Waals surface area (Å²) >= 11 is 6.00. The van der Waals surface area contributed by atoms with Gasteiger partial charge in [-0.3, -0.25) is 0 Å². The van der Waals surface area contributed by atoms with Gasteiger partial charge in [-0.05, 0) is 45.9 Å². The average molecular weight is 286 g/mol. The van der Waals surface area contributed by atoms with E-state index < -0.39 is 0 Å². The molecule has 1 aromatic carbocycles. The van der Waals surface area contributed by atoms with Gasteiger partial charge < -0.3 is 14.8 Å². The maximum atomic E-state index is 6.00. The minimum Gasteiger partial charge on any atom is -0.496 e. The van der Waals surface area contributed by atoms with Gasteiger partial charge in [0.1, 0.15) is 5.75 Å². The zero-order chi connectivity index (χ0) is 14.5. The third-order valence-corrected chi connectivity index (χ3v) is 3.74. The molecule has 0 aliphatic rings. The molecule has 0 spiro atoms. The summed E-state index contributed by atoms with van der Waals surface area (Å²) in [6, 6.07) is 5.98. The predicted molar refractivity (Wildman–Crippen MR) is 80.1 cm³/mol. The average Bonchev–Trinajstić information content (AvgIpc) is 2.40. The van der Waals surface area contributed by atoms with Crippen molar-refractivity contribution in [1.82, 2.24) is 5.32 Å². The first-order chi connectivity index (χ1) is 8.93. The third kappa shape index (κ3) is 4.68. The van der Waals surface area contributed by atoms with Gasteiger partial charge in [0.15, 0.2) is 0 Å². The quantitative estimate of drug-likeness (QED) is 0.826. The molecule has 1 aromatic rings. The fourth-order valence-corrected chi connectivity index (χ4v) is 2.18. The molecule has 1 rings (SSSR count). The van der Waals surface area contributed by atoms with Crippen molar-refractivity contribution in [2.45, 2.75) is 38.3 Å². The van der Waals surface area contributed by atoms with Crippen LogP contribution in [0.1, 0.15) is 38.3 Å². The van der Waals surface area contributed by atoms with E-state index in [1.54, 1.807) is 14.2 Å². The Hall–Kier alpha value is -0.770. The molecule has 0 radical (unpaired) electrons. The zero-order valence-electron chi connectivity index (χ0n) is 12.4. The van der Waals surface area contributed by atoms with E-state index in [9.17, 15) is 0 Å². The van der Waals surface area contributed by atoms with Crippen LogP contribution in [-0.2, 0) is 4.74 Å².